The molecule has 0 spiro atoms. The number of carbonyl (C=O) groups excluding carboxylic acids is 1. The van der Waals surface area contributed by atoms with E-state index in [1.807, 2.05) is 79.7 Å². The third-order valence-electron chi connectivity index (χ3n) is 2.94. The maximum absolute atomic E-state index is 12.5. The van der Waals surface area contributed by atoms with Gasteiger partial charge in [-0.1, -0.05) is 60.7 Å². The van der Waals surface area contributed by atoms with E-state index in [1.165, 1.54) is 0 Å². The molecule has 18 heavy (non-hydrogen) atoms. The van der Waals surface area contributed by atoms with Crippen LogP contribution in [-0.4, -0.2) is 24.8 Å². The highest BCUT2D eigenvalue weighted by Crippen LogP contribution is 2.22. The Hall–Kier alpha value is -1.93. The smallest absolute Gasteiger partial charge is 0.184 e. The first-order chi connectivity index (χ1) is 8.70. The molecule has 2 nitrogen and oxygen atoms in total. The van der Waals surface area contributed by atoms with Crippen molar-refractivity contribution >= 4 is 5.78 Å². The summed E-state index contributed by atoms with van der Waals surface area (Å²) in [6.45, 7) is 0. The summed E-state index contributed by atoms with van der Waals surface area (Å²) in [5.41, 5.74) is 1.77. The van der Waals surface area contributed by atoms with Gasteiger partial charge in [-0.3, -0.25) is 9.69 Å². The van der Waals surface area contributed by atoms with Gasteiger partial charge in [0.25, 0.3) is 0 Å². The second-order valence-corrected chi connectivity index (χ2v) is 4.51. The van der Waals surface area contributed by atoms with E-state index in [2.05, 4.69) is 0 Å². The van der Waals surface area contributed by atoms with Crippen LogP contribution in [0.15, 0.2) is 60.7 Å². The zero-order valence-electron chi connectivity index (χ0n) is 10.7. The lowest BCUT2D eigenvalue weighted by molar-refractivity contribution is 0.0875. The molecule has 1 atom stereocenters. The largest absolute Gasteiger partial charge is 0.296 e. The number of carbonyl (C=O) groups is 1. The number of nitrogens with zero attached hydrogens (tertiary/aromatic N) is 1. The Balaban J connectivity index is 2.35. The molecule has 0 heterocycles. The molecule has 0 saturated carbocycles. The number of benzene rings is 2. The number of Topliss-reactive ketones (excluding diaryl/α,β-unsaturated/α-hetero) is 1. The summed E-state index contributed by atoms with van der Waals surface area (Å²) in [7, 11) is 3.86. The van der Waals surface area contributed by atoms with Crippen molar-refractivity contribution < 1.29 is 4.79 Å². The Labute approximate surface area is 108 Å². The topological polar surface area (TPSA) is 20.3 Å². The van der Waals surface area contributed by atoms with Crippen LogP contribution < -0.4 is 0 Å². The number of likely N-dealkylation sites (N-methyl/N-ethyl adjacent to an activating group) is 1. The summed E-state index contributed by atoms with van der Waals surface area (Å²) in [6.07, 6.45) is 0. The molecular weight excluding hydrogens is 222 g/mol. The summed E-state index contributed by atoms with van der Waals surface area (Å²) in [4.78, 5) is 14.5. The summed E-state index contributed by atoms with van der Waals surface area (Å²) in [5.74, 6) is 0.131. The van der Waals surface area contributed by atoms with E-state index >= 15 is 0 Å². The molecule has 0 bridgehead atoms. The van der Waals surface area contributed by atoms with E-state index in [-0.39, 0.29) is 11.8 Å². The zero-order chi connectivity index (χ0) is 13.0. The predicted molar refractivity (Wildman–Crippen MR) is 73.6 cm³/mol. The van der Waals surface area contributed by atoms with Crippen LogP contribution in [0.3, 0.4) is 0 Å². The van der Waals surface area contributed by atoms with Gasteiger partial charge in [-0.15, -0.1) is 0 Å². The van der Waals surface area contributed by atoms with Crippen LogP contribution in [0, 0.1) is 0 Å². The molecule has 0 N–H and O–H groups in total. The van der Waals surface area contributed by atoms with E-state index in [0.29, 0.717) is 0 Å². The number of hydrogen-bond acceptors (Lipinski definition) is 2. The van der Waals surface area contributed by atoms with E-state index in [1.54, 1.807) is 0 Å². The standard InChI is InChI=1S/C16H17NO/c1-17(2)15(13-9-5-3-6-10-13)16(18)14-11-7-4-8-12-14/h3-12,15H,1-2H3/t15-/m0/s1. The molecule has 2 aromatic carbocycles. The Morgan fingerprint density at radius 2 is 1.39 bits per heavy atom. The van der Waals surface area contributed by atoms with Crippen LogP contribution in [0.25, 0.3) is 0 Å². The maximum Gasteiger partial charge on any atom is 0.184 e. The minimum Gasteiger partial charge on any atom is -0.296 e. The Kier molecular flexibility index (Phi) is 3.90. The molecule has 0 aromatic heterocycles. The van der Waals surface area contributed by atoms with Crippen molar-refractivity contribution in [3.05, 3.63) is 71.8 Å². The van der Waals surface area contributed by atoms with E-state index < -0.39 is 0 Å². The molecule has 0 radical (unpaired) electrons. The van der Waals surface area contributed by atoms with Crippen LogP contribution in [0.1, 0.15) is 22.0 Å². The first-order valence-corrected chi connectivity index (χ1v) is 6.01. The van der Waals surface area contributed by atoms with Crippen molar-refractivity contribution in [3.8, 4) is 0 Å². The van der Waals surface area contributed by atoms with Gasteiger partial charge in [-0.2, -0.15) is 0 Å². The highest BCUT2D eigenvalue weighted by molar-refractivity contribution is 6.00. The third-order valence-corrected chi connectivity index (χ3v) is 2.94. The second-order valence-electron chi connectivity index (χ2n) is 4.51. The van der Waals surface area contributed by atoms with Crippen molar-refractivity contribution in [3.63, 3.8) is 0 Å². The minimum atomic E-state index is -0.228. The number of ketones is 1. The molecule has 0 aliphatic rings. The first-order valence-electron chi connectivity index (χ1n) is 6.01. The molecule has 2 rings (SSSR count). The second kappa shape index (κ2) is 5.61. The monoisotopic (exact) mass is 239 g/mol. The molecule has 0 unspecified atom stereocenters. The van der Waals surface area contributed by atoms with Gasteiger partial charge in [0.2, 0.25) is 0 Å². The molecule has 0 aliphatic heterocycles. The molecule has 0 saturated heterocycles. The first kappa shape index (κ1) is 12.5. The van der Waals surface area contributed by atoms with E-state index in [9.17, 15) is 4.79 Å². The van der Waals surface area contributed by atoms with Crippen LogP contribution in [0.2, 0.25) is 0 Å². The van der Waals surface area contributed by atoms with Crippen molar-refractivity contribution in [2.75, 3.05) is 14.1 Å². The number of rotatable bonds is 4. The van der Waals surface area contributed by atoms with Crippen LogP contribution in [0.5, 0.6) is 0 Å². The van der Waals surface area contributed by atoms with Gasteiger partial charge in [-0.25, -0.2) is 0 Å². The van der Waals surface area contributed by atoms with Gasteiger partial charge in [-0.05, 0) is 19.7 Å². The Bertz CT molecular complexity index is 505. The lowest BCUT2D eigenvalue weighted by Crippen LogP contribution is -2.27. The summed E-state index contributed by atoms with van der Waals surface area (Å²) in [5, 5.41) is 0. The SMILES string of the molecule is CN(C)[C@H](C(=O)c1ccccc1)c1ccccc1. The average Bonchev–Trinajstić information content (AvgIpc) is 2.40. The molecule has 0 fully saturated rings. The molecular formula is C16H17NO. The van der Waals surface area contributed by atoms with Crippen LogP contribution in [0.4, 0.5) is 0 Å². The third kappa shape index (κ3) is 2.66. The van der Waals surface area contributed by atoms with E-state index in [0.717, 1.165) is 11.1 Å². The lowest BCUT2D eigenvalue weighted by Gasteiger charge is -2.23. The quantitative estimate of drug-likeness (QED) is 0.764. The normalized spacial score (nSPS) is 12.4. The Morgan fingerprint density at radius 3 is 1.89 bits per heavy atom. The van der Waals surface area contributed by atoms with Crippen molar-refractivity contribution in [1.29, 1.82) is 0 Å². The molecule has 2 aromatic rings. The van der Waals surface area contributed by atoms with Gasteiger partial charge in [0.15, 0.2) is 5.78 Å². The average molecular weight is 239 g/mol. The van der Waals surface area contributed by atoms with Gasteiger partial charge >= 0.3 is 0 Å². The molecule has 0 amide bonds. The fourth-order valence-electron chi connectivity index (χ4n) is 2.08. The minimum absolute atomic E-state index is 0.131. The predicted octanol–water partition coefficient (Wildman–Crippen LogP) is 3.17. The zero-order valence-corrected chi connectivity index (χ0v) is 10.7. The van der Waals surface area contributed by atoms with Crippen LogP contribution in [-0.2, 0) is 0 Å². The van der Waals surface area contributed by atoms with Crippen molar-refractivity contribution in [1.82, 2.24) is 4.90 Å². The van der Waals surface area contributed by atoms with Gasteiger partial charge in [0, 0.05) is 5.56 Å². The highest BCUT2D eigenvalue weighted by atomic mass is 16.1. The van der Waals surface area contributed by atoms with Gasteiger partial charge < -0.3 is 0 Å². The molecule has 92 valence electrons. The molecule has 2 heteroatoms. The van der Waals surface area contributed by atoms with Crippen molar-refractivity contribution in [2.45, 2.75) is 6.04 Å². The fourth-order valence-corrected chi connectivity index (χ4v) is 2.08. The summed E-state index contributed by atoms with van der Waals surface area (Å²) in [6, 6.07) is 19.1. The Morgan fingerprint density at radius 1 is 0.889 bits per heavy atom. The van der Waals surface area contributed by atoms with E-state index in [4.69, 9.17) is 0 Å². The summed E-state index contributed by atoms with van der Waals surface area (Å²) >= 11 is 0. The number of hydrogen-bond donors (Lipinski definition) is 0. The highest BCUT2D eigenvalue weighted by Gasteiger charge is 2.23. The fraction of sp³-hybridized carbons (Fsp3) is 0.188. The van der Waals surface area contributed by atoms with Crippen LogP contribution >= 0.6 is 0 Å². The maximum atomic E-state index is 12.5. The molecule has 0 aliphatic carbocycles. The summed E-state index contributed by atoms with van der Waals surface area (Å²) < 4.78 is 0. The van der Waals surface area contributed by atoms with Crippen molar-refractivity contribution in [2.24, 2.45) is 0 Å². The van der Waals surface area contributed by atoms with Gasteiger partial charge in [0.1, 0.15) is 0 Å². The lowest BCUT2D eigenvalue weighted by atomic mass is 9.97. The van der Waals surface area contributed by atoms with Gasteiger partial charge in [0.05, 0.1) is 6.04 Å².